The fraction of sp³-hybridized carbons (Fsp3) is 0. The first-order valence-corrected chi connectivity index (χ1v) is 9.10. The second-order valence-corrected chi connectivity index (χ2v) is 8.79. The molecule has 0 saturated heterocycles. The number of hydrogen-bond acceptors (Lipinski definition) is 0. The minimum atomic E-state index is -2.30. The van der Waals surface area contributed by atoms with Crippen LogP contribution >= 0.6 is 0 Å². The molecule has 0 aliphatic carbocycles. The van der Waals surface area contributed by atoms with Crippen LogP contribution in [0.5, 0.6) is 0 Å². The van der Waals surface area contributed by atoms with Crippen LogP contribution in [0.4, 0.5) is 0 Å². The van der Waals surface area contributed by atoms with Gasteiger partial charge in [-0.2, -0.15) is 0 Å². The van der Waals surface area contributed by atoms with Crippen molar-refractivity contribution in [3.05, 3.63) is 78.9 Å². The second-order valence-electron chi connectivity index (χ2n) is 5.35. The number of rotatable bonds is 1. The Morgan fingerprint density at radius 1 is 0.619 bits per heavy atom. The van der Waals surface area contributed by atoms with Gasteiger partial charge in [0.25, 0.3) is 0 Å². The third-order valence-electron chi connectivity index (χ3n) is 4.38. The molecule has 0 spiro atoms. The Labute approximate surface area is 126 Å². The summed E-state index contributed by atoms with van der Waals surface area (Å²) < 4.78 is 0. The quantitative estimate of drug-likeness (QED) is 0.475. The van der Waals surface area contributed by atoms with Gasteiger partial charge in [0, 0.05) is 0 Å². The molecule has 0 fully saturated rings. The first-order valence-electron chi connectivity index (χ1n) is 7.10. The Morgan fingerprint density at radius 3 is 1.62 bits per heavy atom. The molecule has 98 valence electrons. The standard InChI is InChI=1S/C20H14Si/c1-2-21(16-10-4-3-5-11-16)19-14-8-6-12-17(19)18-13-7-9-15-20(18)21/h1,3-15H. The highest BCUT2D eigenvalue weighted by molar-refractivity contribution is 7.19. The van der Waals surface area contributed by atoms with E-state index >= 15 is 0 Å². The summed E-state index contributed by atoms with van der Waals surface area (Å²) in [4.78, 5) is 0. The highest BCUT2D eigenvalue weighted by Crippen LogP contribution is 2.27. The van der Waals surface area contributed by atoms with E-state index in [-0.39, 0.29) is 0 Å². The fourth-order valence-electron chi connectivity index (χ4n) is 3.47. The normalized spacial score (nSPS) is 14.0. The van der Waals surface area contributed by atoms with Gasteiger partial charge in [0.1, 0.15) is 0 Å². The van der Waals surface area contributed by atoms with Gasteiger partial charge in [-0.05, 0) is 26.7 Å². The molecule has 0 bridgehead atoms. The smallest absolute Gasteiger partial charge is 0.126 e. The molecule has 0 N–H and O–H groups in total. The zero-order valence-corrected chi connectivity index (χ0v) is 12.6. The van der Waals surface area contributed by atoms with E-state index in [1.807, 2.05) is 0 Å². The lowest BCUT2D eigenvalue weighted by Crippen LogP contribution is -2.64. The summed E-state index contributed by atoms with van der Waals surface area (Å²) in [6, 6.07) is 27.8. The lowest BCUT2D eigenvalue weighted by atomic mass is 10.1. The third-order valence-corrected chi connectivity index (χ3v) is 8.50. The Morgan fingerprint density at radius 2 is 1.10 bits per heavy atom. The highest BCUT2D eigenvalue weighted by Gasteiger charge is 2.45. The molecule has 0 amide bonds. The van der Waals surface area contributed by atoms with Crippen LogP contribution in [-0.2, 0) is 0 Å². The first kappa shape index (κ1) is 12.2. The van der Waals surface area contributed by atoms with Crippen LogP contribution in [-0.4, -0.2) is 8.07 Å². The molecule has 0 aromatic heterocycles. The first-order chi connectivity index (χ1) is 10.4. The van der Waals surface area contributed by atoms with Crippen molar-refractivity contribution in [2.24, 2.45) is 0 Å². The van der Waals surface area contributed by atoms with Crippen LogP contribution in [0.15, 0.2) is 78.9 Å². The molecule has 0 radical (unpaired) electrons. The number of hydrogen-bond donors (Lipinski definition) is 0. The molecule has 1 aliphatic rings. The van der Waals surface area contributed by atoms with Crippen LogP contribution < -0.4 is 15.6 Å². The van der Waals surface area contributed by atoms with Gasteiger partial charge in [-0.3, -0.25) is 0 Å². The molecule has 1 heteroatoms. The molecule has 0 atom stereocenters. The minimum absolute atomic E-state index is 1.30. The van der Waals surface area contributed by atoms with Gasteiger partial charge in [-0.1, -0.05) is 78.9 Å². The maximum absolute atomic E-state index is 6.14. The molecule has 0 unspecified atom stereocenters. The van der Waals surface area contributed by atoms with Crippen LogP contribution in [0, 0.1) is 12.0 Å². The van der Waals surface area contributed by atoms with E-state index in [9.17, 15) is 0 Å². The summed E-state index contributed by atoms with van der Waals surface area (Å²) in [7, 11) is -2.30. The average molecular weight is 282 g/mol. The molecular weight excluding hydrogens is 268 g/mol. The van der Waals surface area contributed by atoms with E-state index in [4.69, 9.17) is 6.42 Å². The monoisotopic (exact) mass is 282 g/mol. The van der Waals surface area contributed by atoms with Crippen molar-refractivity contribution in [2.45, 2.75) is 0 Å². The lowest BCUT2D eigenvalue weighted by Gasteiger charge is -2.23. The van der Waals surface area contributed by atoms with E-state index in [1.54, 1.807) is 0 Å². The van der Waals surface area contributed by atoms with Gasteiger partial charge in [-0.15, -0.1) is 12.0 Å². The van der Waals surface area contributed by atoms with Gasteiger partial charge in [0.2, 0.25) is 8.07 Å². The van der Waals surface area contributed by atoms with E-state index < -0.39 is 8.07 Å². The lowest BCUT2D eigenvalue weighted by molar-refractivity contribution is 1.71. The Hall–Kier alpha value is -2.56. The van der Waals surface area contributed by atoms with Crippen molar-refractivity contribution in [1.82, 2.24) is 0 Å². The third kappa shape index (κ3) is 1.51. The molecule has 1 aliphatic heterocycles. The maximum Gasteiger partial charge on any atom is 0.230 e. The number of fused-ring (bicyclic) bond motifs is 3. The summed E-state index contributed by atoms with van der Waals surface area (Å²) >= 11 is 0. The van der Waals surface area contributed by atoms with Crippen molar-refractivity contribution >= 4 is 23.6 Å². The topological polar surface area (TPSA) is 0 Å². The van der Waals surface area contributed by atoms with E-state index in [0.29, 0.717) is 0 Å². The SMILES string of the molecule is C#C[Si]1(c2ccccc2)c2ccccc2-c2ccccc21. The predicted octanol–water partition coefficient (Wildman–Crippen LogP) is 2.31. The average Bonchev–Trinajstić information content (AvgIpc) is 2.87. The molecule has 3 aromatic carbocycles. The molecule has 21 heavy (non-hydrogen) atoms. The number of terminal acetylenes is 1. The predicted molar refractivity (Wildman–Crippen MR) is 91.8 cm³/mol. The van der Waals surface area contributed by atoms with Gasteiger partial charge >= 0.3 is 0 Å². The maximum atomic E-state index is 6.14. The summed E-state index contributed by atoms with van der Waals surface area (Å²) in [5.41, 5.74) is 5.86. The van der Waals surface area contributed by atoms with Crippen molar-refractivity contribution in [3.63, 3.8) is 0 Å². The van der Waals surface area contributed by atoms with Crippen molar-refractivity contribution < 1.29 is 0 Å². The molecule has 0 saturated carbocycles. The second kappa shape index (κ2) is 4.48. The van der Waals surface area contributed by atoms with E-state index in [1.165, 1.54) is 26.7 Å². The molecule has 4 rings (SSSR count). The molecule has 0 nitrogen and oxygen atoms in total. The van der Waals surface area contributed by atoms with Crippen LogP contribution in [0.3, 0.4) is 0 Å². The molecular formula is C20H14Si. The van der Waals surface area contributed by atoms with Gasteiger partial charge in [-0.25, -0.2) is 0 Å². The zero-order chi connectivity index (χ0) is 14.3. The van der Waals surface area contributed by atoms with Crippen molar-refractivity contribution in [3.8, 4) is 23.1 Å². The Kier molecular flexibility index (Phi) is 2.60. The minimum Gasteiger partial charge on any atom is -0.126 e. The zero-order valence-electron chi connectivity index (χ0n) is 11.6. The van der Waals surface area contributed by atoms with Crippen LogP contribution in [0.1, 0.15) is 0 Å². The molecule has 3 aromatic rings. The summed E-state index contributed by atoms with van der Waals surface area (Å²) in [5, 5.41) is 3.99. The largest absolute Gasteiger partial charge is 0.230 e. The summed E-state index contributed by atoms with van der Waals surface area (Å²) in [6.45, 7) is 0. The highest BCUT2D eigenvalue weighted by atomic mass is 28.3. The van der Waals surface area contributed by atoms with Crippen LogP contribution in [0.2, 0.25) is 0 Å². The Balaban J connectivity index is 2.16. The fourth-order valence-corrected chi connectivity index (χ4v) is 7.49. The van der Waals surface area contributed by atoms with E-state index in [0.717, 1.165) is 0 Å². The Bertz CT molecular complexity index is 811. The molecule has 1 heterocycles. The summed E-state index contributed by atoms with van der Waals surface area (Å²) in [6.07, 6.45) is 6.14. The number of benzene rings is 3. The van der Waals surface area contributed by atoms with Crippen molar-refractivity contribution in [1.29, 1.82) is 0 Å². The van der Waals surface area contributed by atoms with Crippen LogP contribution in [0.25, 0.3) is 11.1 Å². The van der Waals surface area contributed by atoms with Gasteiger partial charge in [0.15, 0.2) is 0 Å². The van der Waals surface area contributed by atoms with Crippen molar-refractivity contribution in [2.75, 3.05) is 0 Å². The van der Waals surface area contributed by atoms with E-state index in [2.05, 4.69) is 84.4 Å². The van der Waals surface area contributed by atoms with Gasteiger partial charge in [0.05, 0.1) is 0 Å². The summed E-state index contributed by atoms with van der Waals surface area (Å²) in [5.74, 6) is 0. The van der Waals surface area contributed by atoms with Gasteiger partial charge < -0.3 is 0 Å².